The Labute approximate surface area is 145 Å². The van der Waals surface area contributed by atoms with E-state index in [2.05, 4.69) is 83.8 Å². The Balaban J connectivity index is 1.61. The summed E-state index contributed by atoms with van der Waals surface area (Å²) in [6.45, 7) is 2.24. The fourth-order valence-electron chi connectivity index (χ4n) is 4.14. The first-order valence-corrected chi connectivity index (χ1v) is 9.08. The van der Waals surface area contributed by atoms with E-state index in [9.17, 15) is 0 Å². The third-order valence-electron chi connectivity index (χ3n) is 5.41. The number of nitrogens with zero attached hydrogens (tertiary/aromatic N) is 1. The van der Waals surface area contributed by atoms with Crippen molar-refractivity contribution in [2.45, 2.75) is 31.8 Å². The minimum atomic E-state index is 0.524. The Bertz CT molecular complexity index is 714. The second-order valence-electron chi connectivity index (χ2n) is 6.98. The molecule has 0 spiro atoms. The fraction of sp³-hybridized carbons (Fsp3) is 0.304. The molecular formula is C23H25N. The molecule has 1 heterocycles. The first-order chi connectivity index (χ1) is 11.9. The monoisotopic (exact) mass is 315 g/mol. The Morgan fingerprint density at radius 1 is 0.875 bits per heavy atom. The van der Waals surface area contributed by atoms with Gasteiger partial charge in [0, 0.05) is 12.6 Å². The van der Waals surface area contributed by atoms with Crippen LogP contribution in [0, 0.1) is 5.92 Å². The van der Waals surface area contributed by atoms with Crippen LogP contribution < -0.4 is 0 Å². The summed E-state index contributed by atoms with van der Waals surface area (Å²) in [5.74, 6) is 0.746. The smallest absolute Gasteiger partial charge is 0.0357 e. The van der Waals surface area contributed by atoms with Crippen molar-refractivity contribution in [3.63, 3.8) is 0 Å². The van der Waals surface area contributed by atoms with Gasteiger partial charge < -0.3 is 0 Å². The molecule has 1 fully saturated rings. The molecule has 0 radical (unpaired) electrons. The van der Waals surface area contributed by atoms with E-state index in [1.54, 1.807) is 5.57 Å². The van der Waals surface area contributed by atoms with Crippen LogP contribution in [0.3, 0.4) is 0 Å². The first-order valence-electron chi connectivity index (χ1n) is 9.08. The first kappa shape index (κ1) is 15.4. The fourth-order valence-corrected chi connectivity index (χ4v) is 4.14. The van der Waals surface area contributed by atoms with E-state index >= 15 is 0 Å². The van der Waals surface area contributed by atoms with E-state index in [1.807, 2.05) is 0 Å². The van der Waals surface area contributed by atoms with Gasteiger partial charge in [-0.2, -0.15) is 0 Å². The lowest BCUT2D eigenvalue weighted by molar-refractivity contribution is 0.155. The molecule has 0 saturated carbocycles. The molecule has 24 heavy (non-hydrogen) atoms. The number of benzene rings is 2. The third-order valence-corrected chi connectivity index (χ3v) is 5.41. The van der Waals surface area contributed by atoms with Crippen molar-refractivity contribution in [2.24, 2.45) is 5.92 Å². The van der Waals surface area contributed by atoms with Crippen LogP contribution in [0.4, 0.5) is 0 Å². The topological polar surface area (TPSA) is 3.24 Å². The molecule has 122 valence electrons. The highest BCUT2D eigenvalue weighted by Crippen LogP contribution is 2.35. The number of hydrogen-bond acceptors (Lipinski definition) is 1. The summed E-state index contributed by atoms with van der Waals surface area (Å²) in [6, 6.07) is 22.4. The van der Waals surface area contributed by atoms with Gasteiger partial charge in [-0.05, 0) is 48.4 Å². The van der Waals surface area contributed by atoms with Crippen LogP contribution >= 0.6 is 0 Å². The number of piperidine rings is 1. The van der Waals surface area contributed by atoms with Gasteiger partial charge in [0.2, 0.25) is 0 Å². The average molecular weight is 315 g/mol. The summed E-state index contributed by atoms with van der Waals surface area (Å²) in [4.78, 5) is 2.68. The molecular weight excluding hydrogens is 290 g/mol. The molecule has 0 amide bonds. The van der Waals surface area contributed by atoms with Gasteiger partial charge in [0.15, 0.2) is 0 Å². The van der Waals surface area contributed by atoms with E-state index in [0.29, 0.717) is 6.04 Å². The average Bonchev–Trinajstić information content (AvgIpc) is 2.65. The van der Waals surface area contributed by atoms with Crippen LogP contribution in [0.15, 0.2) is 84.5 Å². The molecule has 1 heteroatoms. The van der Waals surface area contributed by atoms with Gasteiger partial charge in [-0.15, -0.1) is 0 Å². The Morgan fingerprint density at radius 3 is 2.33 bits per heavy atom. The van der Waals surface area contributed by atoms with Crippen LogP contribution in [0.1, 0.15) is 24.0 Å². The zero-order chi connectivity index (χ0) is 16.2. The minimum absolute atomic E-state index is 0.524. The maximum Gasteiger partial charge on any atom is 0.0357 e. The van der Waals surface area contributed by atoms with Crippen molar-refractivity contribution in [2.75, 3.05) is 6.54 Å². The van der Waals surface area contributed by atoms with Crippen LogP contribution in [0.25, 0.3) is 0 Å². The largest absolute Gasteiger partial charge is 0.292 e. The van der Waals surface area contributed by atoms with E-state index in [1.165, 1.54) is 30.5 Å². The molecule has 1 saturated heterocycles. The Kier molecular flexibility index (Phi) is 4.62. The SMILES string of the molecule is C1=CCC2CCN(Cc3ccccc3)C(Cc3ccccc3)C2=C1. The van der Waals surface area contributed by atoms with Crippen LogP contribution in [0.5, 0.6) is 0 Å². The van der Waals surface area contributed by atoms with Crippen LogP contribution in [-0.2, 0) is 13.0 Å². The summed E-state index contributed by atoms with van der Waals surface area (Å²) >= 11 is 0. The van der Waals surface area contributed by atoms with Gasteiger partial charge >= 0.3 is 0 Å². The molecule has 0 N–H and O–H groups in total. The van der Waals surface area contributed by atoms with Crippen molar-refractivity contribution in [1.29, 1.82) is 0 Å². The van der Waals surface area contributed by atoms with Gasteiger partial charge in [-0.25, -0.2) is 0 Å². The van der Waals surface area contributed by atoms with E-state index < -0.39 is 0 Å². The molecule has 2 unspecified atom stereocenters. The number of fused-ring (bicyclic) bond motifs is 1. The molecule has 4 rings (SSSR count). The van der Waals surface area contributed by atoms with Gasteiger partial charge in [-0.3, -0.25) is 4.90 Å². The van der Waals surface area contributed by atoms with Crippen molar-refractivity contribution in [3.05, 3.63) is 95.6 Å². The van der Waals surface area contributed by atoms with Crippen molar-refractivity contribution in [1.82, 2.24) is 4.90 Å². The quantitative estimate of drug-likeness (QED) is 0.767. The van der Waals surface area contributed by atoms with E-state index in [-0.39, 0.29) is 0 Å². The van der Waals surface area contributed by atoms with E-state index in [4.69, 9.17) is 0 Å². The van der Waals surface area contributed by atoms with Crippen LogP contribution in [0.2, 0.25) is 0 Å². The predicted molar refractivity (Wildman–Crippen MR) is 101 cm³/mol. The van der Waals surface area contributed by atoms with Crippen molar-refractivity contribution in [3.8, 4) is 0 Å². The highest BCUT2D eigenvalue weighted by Gasteiger charge is 2.33. The lowest BCUT2D eigenvalue weighted by Gasteiger charge is -2.43. The van der Waals surface area contributed by atoms with Gasteiger partial charge in [0.1, 0.15) is 0 Å². The van der Waals surface area contributed by atoms with Crippen LogP contribution in [-0.4, -0.2) is 17.5 Å². The highest BCUT2D eigenvalue weighted by molar-refractivity contribution is 5.31. The Morgan fingerprint density at radius 2 is 1.58 bits per heavy atom. The second-order valence-corrected chi connectivity index (χ2v) is 6.98. The number of allylic oxidation sites excluding steroid dienone is 3. The molecule has 2 aromatic carbocycles. The summed E-state index contributed by atoms with van der Waals surface area (Å²) in [6.07, 6.45) is 10.6. The summed E-state index contributed by atoms with van der Waals surface area (Å²) in [5.41, 5.74) is 4.50. The molecule has 2 aromatic rings. The molecule has 2 atom stereocenters. The summed E-state index contributed by atoms with van der Waals surface area (Å²) < 4.78 is 0. The van der Waals surface area contributed by atoms with Crippen molar-refractivity contribution < 1.29 is 0 Å². The minimum Gasteiger partial charge on any atom is -0.292 e. The van der Waals surface area contributed by atoms with Crippen molar-refractivity contribution >= 4 is 0 Å². The summed E-state index contributed by atoms with van der Waals surface area (Å²) in [5, 5.41) is 0. The molecule has 1 nitrogen and oxygen atoms in total. The third kappa shape index (κ3) is 3.37. The normalized spacial score (nSPS) is 23.6. The lowest BCUT2D eigenvalue weighted by atomic mass is 9.78. The standard InChI is InChI=1S/C23H25N/c1-3-9-19(10-4-1)17-23-22-14-8-7-13-21(22)15-16-24(23)18-20-11-5-2-6-12-20/h1-12,14,21,23H,13,15-18H2. The number of rotatable bonds is 4. The second kappa shape index (κ2) is 7.19. The summed E-state index contributed by atoms with van der Waals surface area (Å²) in [7, 11) is 0. The molecule has 1 aliphatic heterocycles. The van der Waals surface area contributed by atoms with Gasteiger partial charge in [-0.1, -0.05) is 78.9 Å². The highest BCUT2D eigenvalue weighted by atomic mass is 15.2. The Hall–Kier alpha value is -2.12. The predicted octanol–water partition coefficient (Wildman–Crippen LogP) is 5.01. The lowest BCUT2D eigenvalue weighted by Crippen LogP contribution is -2.45. The number of hydrogen-bond donors (Lipinski definition) is 0. The molecule has 2 aliphatic rings. The zero-order valence-corrected chi connectivity index (χ0v) is 14.1. The molecule has 0 bridgehead atoms. The number of likely N-dealkylation sites (tertiary alicyclic amines) is 1. The molecule has 1 aliphatic carbocycles. The van der Waals surface area contributed by atoms with Gasteiger partial charge in [0.05, 0.1) is 0 Å². The maximum absolute atomic E-state index is 2.68. The molecule has 0 aromatic heterocycles. The zero-order valence-electron chi connectivity index (χ0n) is 14.1. The van der Waals surface area contributed by atoms with E-state index in [0.717, 1.165) is 18.9 Å². The maximum atomic E-state index is 2.68. The van der Waals surface area contributed by atoms with Gasteiger partial charge in [0.25, 0.3) is 0 Å².